The number of fused-ring (bicyclic) bond motifs is 1. The first-order valence-electron chi connectivity index (χ1n) is 7.15. The summed E-state index contributed by atoms with van der Waals surface area (Å²) < 4.78 is 5.58. The summed E-state index contributed by atoms with van der Waals surface area (Å²) in [6, 6.07) is 8.25. The number of nitrogens with zero attached hydrogens (tertiary/aromatic N) is 1. The molecule has 21 heavy (non-hydrogen) atoms. The van der Waals surface area contributed by atoms with Gasteiger partial charge in [-0.15, -0.1) is 0 Å². The number of aliphatic hydroxyl groups is 1. The summed E-state index contributed by atoms with van der Waals surface area (Å²) in [6.07, 6.45) is 2.95. The molecule has 0 bridgehead atoms. The summed E-state index contributed by atoms with van der Waals surface area (Å²) in [4.78, 5) is 26.2. The molecule has 1 heterocycles. The lowest BCUT2D eigenvalue weighted by Gasteiger charge is -2.36. The van der Waals surface area contributed by atoms with Gasteiger partial charge in [-0.2, -0.15) is 0 Å². The van der Waals surface area contributed by atoms with Crippen molar-refractivity contribution in [2.45, 2.75) is 25.3 Å². The SMILES string of the molecule is O=C(c1cc(=O)c2ccccc2o1)N(CCO)C1CCC1. The van der Waals surface area contributed by atoms with E-state index in [0.717, 1.165) is 19.3 Å². The van der Waals surface area contributed by atoms with Gasteiger partial charge in [0.25, 0.3) is 5.91 Å². The molecule has 0 radical (unpaired) electrons. The molecule has 1 aromatic heterocycles. The molecule has 1 aliphatic rings. The molecule has 0 spiro atoms. The molecule has 0 saturated heterocycles. The molecule has 1 aromatic carbocycles. The summed E-state index contributed by atoms with van der Waals surface area (Å²) in [5.41, 5.74) is 0.184. The zero-order chi connectivity index (χ0) is 14.8. The number of amides is 1. The van der Waals surface area contributed by atoms with Gasteiger partial charge in [0.15, 0.2) is 11.2 Å². The first-order chi connectivity index (χ1) is 10.2. The highest BCUT2D eigenvalue weighted by atomic mass is 16.3. The van der Waals surface area contributed by atoms with E-state index < -0.39 is 0 Å². The van der Waals surface area contributed by atoms with Crippen molar-refractivity contribution in [2.24, 2.45) is 0 Å². The Bertz CT molecular complexity index is 718. The van der Waals surface area contributed by atoms with Gasteiger partial charge < -0.3 is 14.4 Å². The maximum absolute atomic E-state index is 12.5. The second-order valence-corrected chi connectivity index (χ2v) is 5.28. The van der Waals surface area contributed by atoms with Crippen LogP contribution in [0.1, 0.15) is 29.8 Å². The Hall–Kier alpha value is -2.14. The van der Waals surface area contributed by atoms with Crippen LogP contribution in [0, 0.1) is 0 Å². The fraction of sp³-hybridized carbons (Fsp3) is 0.375. The fourth-order valence-electron chi connectivity index (χ4n) is 2.61. The van der Waals surface area contributed by atoms with E-state index in [1.165, 1.54) is 6.07 Å². The Labute approximate surface area is 121 Å². The van der Waals surface area contributed by atoms with E-state index >= 15 is 0 Å². The number of carbonyl (C=O) groups excluding carboxylic acids is 1. The zero-order valence-corrected chi connectivity index (χ0v) is 11.6. The molecule has 1 N–H and O–H groups in total. The number of benzene rings is 1. The third kappa shape index (κ3) is 2.56. The van der Waals surface area contributed by atoms with Crippen molar-refractivity contribution in [1.29, 1.82) is 0 Å². The third-order valence-electron chi connectivity index (χ3n) is 3.96. The van der Waals surface area contributed by atoms with Crippen LogP contribution in [0.4, 0.5) is 0 Å². The molecule has 3 rings (SSSR count). The minimum atomic E-state index is -0.323. The summed E-state index contributed by atoms with van der Waals surface area (Å²) >= 11 is 0. The van der Waals surface area contributed by atoms with Crippen LogP contribution >= 0.6 is 0 Å². The standard InChI is InChI=1S/C16H17NO4/c18-9-8-17(11-4-3-5-11)16(20)15-10-13(19)12-6-1-2-7-14(12)21-15/h1-2,6-7,10-11,18H,3-5,8-9H2. The van der Waals surface area contributed by atoms with Crippen molar-refractivity contribution in [3.8, 4) is 0 Å². The number of hydrogen-bond donors (Lipinski definition) is 1. The molecule has 1 aliphatic carbocycles. The smallest absolute Gasteiger partial charge is 0.290 e. The first kappa shape index (κ1) is 13.8. The van der Waals surface area contributed by atoms with Gasteiger partial charge in [-0.25, -0.2) is 0 Å². The largest absolute Gasteiger partial charge is 0.451 e. The van der Waals surface area contributed by atoms with E-state index in [9.17, 15) is 9.59 Å². The molecule has 5 heteroatoms. The Morgan fingerprint density at radius 1 is 1.33 bits per heavy atom. The van der Waals surface area contributed by atoms with Crippen LogP contribution < -0.4 is 5.43 Å². The molecule has 2 aromatic rings. The van der Waals surface area contributed by atoms with Gasteiger partial charge in [0.05, 0.1) is 12.0 Å². The van der Waals surface area contributed by atoms with E-state index in [2.05, 4.69) is 0 Å². The lowest BCUT2D eigenvalue weighted by Crippen LogP contribution is -2.45. The highest BCUT2D eigenvalue weighted by Gasteiger charge is 2.30. The molecular weight excluding hydrogens is 270 g/mol. The van der Waals surface area contributed by atoms with E-state index in [0.29, 0.717) is 11.0 Å². The van der Waals surface area contributed by atoms with Crippen LogP contribution in [-0.4, -0.2) is 35.1 Å². The van der Waals surface area contributed by atoms with Gasteiger partial charge in [0.2, 0.25) is 0 Å². The lowest BCUT2D eigenvalue weighted by atomic mass is 9.91. The Morgan fingerprint density at radius 3 is 2.76 bits per heavy atom. The normalized spacial score (nSPS) is 14.9. The van der Waals surface area contributed by atoms with Crippen LogP contribution in [0.5, 0.6) is 0 Å². The zero-order valence-electron chi connectivity index (χ0n) is 11.6. The fourth-order valence-corrected chi connectivity index (χ4v) is 2.61. The average molecular weight is 287 g/mol. The Morgan fingerprint density at radius 2 is 2.10 bits per heavy atom. The average Bonchev–Trinajstić information content (AvgIpc) is 2.44. The molecule has 110 valence electrons. The van der Waals surface area contributed by atoms with Crippen LogP contribution in [0.2, 0.25) is 0 Å². The molecule has 1 amide bonds. The van der Waals surface area contributed by atoms with Gasteiger partial charge >= 0.3 is 0 Å². The van der Waals surface area contributed by atoms with Crippen LogP contribution in [0.15, 0.2) is 39.5 Å². The van der Waals surface area contributed by atoms with Crippen molar-refractivity contribution in [2.75, 3.05) is 13.2 Å². The Balaban J connectivity index is 1.98. The predicted molar refractivity (Wildman–Crippen MR) is 78.2 cm³/mol. The first-order valence-corrected chi connectivity index (χ1v) is 7.15. The summed E-state index contributed by atoms with van der Waals surface area (Å²) in [5.74, 6) is -0.282. The van der Waals surface area contributed by atoms with Crippen molar-refractivity contribution in [3.05, 3.63) is 46.3 Å². The highest BCUT2D eigenvalue weighted by Crippen LogP contribution is 2.26. The second kappa shape index (κ2) is 5.69. The minimum absolute atomic E-state index is 0.0408. The van der Waals surface area contributed by atoms with Gasteiger partial charge in [-0.3, -0.25) is 9.59 Å². The molecule has 0 atom stereocenters. The number of aliphatic hydroxyl groups excluding tert-OH is 1. The summed E-state index contributed by atoms with van der Waals surface area (Å²) in [5, 5.41) is 9.61. The van der Waals surface area contributed by atoms with E-state index in [4.69, 9.17) is 9.52 Å². The Kier molecular flexibility index (Phi) is 3.75. The number of hydrogen-bond acceptors (Lipinski definition) is 4. The molecule has 1 saturated carbocycles. The lowest BCUT2D eigenvalue weighted by molar-refractivity contribution is 0.0495. The van der Waals surface area contributed by atoms with Crippen LogP contribution in [0.3, 0.4) is 0 Å². The number of rotatable bonds is 4. The highest BCUT2D eigenvalue weighted by molar-refractivity contribution is 5.93. The van der Waals surface area contributed by atoms with Gasteiger partial charge in [-0.05, 0) is 31.4 Å². The van der Waals surface area contributed by atoms with Gasteiger partial charge in [0, 0.05) is 18.7 Å². The summed E-state index contributed by atoms with van der Waals surface area (Å²) in [6.45, 7) is 0.167. The van der Waals surface area contributed by atoms with E-state index in [1.54, 1.807) is 29.2 Å². The summed E-state index contributed by atoms with van der Waals surface area (Å²) in [7, 11) is 0. The number of para-hydroxylation sites is 1. The van der Waals surface area contributed by atoms with Crippen LogP contribution in [0.25, 0.3) is 11.0 Å². The molecule has 5 nitrogen and oxygen atoms in total. The quantitative estimate of drug-likeness (QED) is 0.930. The predicted octanol–water partition coefficient (Wildman–Crippen LogP) is 1.78. The molecule has 0 unspecified atom stereocenters. The van der Waals surface area contributed by atoms with Crippen LogP contribution in [-0.2, 0) is 0 Å². The molecule has 0 aliphatic heterocycles. The van der Waals surface area contributed by atoms with Gasteiger partial charge in [-0.1, -0.05) is 12.1 Å². The second-order valence-electron chi connectivity index (χ2n) is 5.28. The van der Waals surface area contributed by atoms with Gasteiger partial charge in [0.1, 0.15) is 5.58 Å². The van der Waals surface area contributed by atoms with E-state index in [1.807, 2.05) is 0 Å². The maximum Gasteiger partial charge on any atom is 0.290 e. The van der Waals surface area contributed by atoms with E-state index in [-0.39, 0.29) is 36.3 Å². The number of carbonyl (C=O) groups is 1. The van der Waals surface area contributed by atoms with Crippen molar-refractivity contribution in [1.82, 2.24) is 4.90 Å². The topological polar surface area (TPSA) is 70.8 Å². The van der Waals surface area contributed by atoms with Crippen molar-refractivity contribution >= 4 is 16.9 Å². The minimum Gasteiger partial charge on any atom is -0.451 e. The maximum atomic E-state index is 12.5. The van der Waals surface area contributed by atoms with Crippen molar-refractivity contribution in [3.63, 3.8) is 0 Å². The molecule has 1 fully saturated rings. The monoisotopic (exact) mass is 287 g/mol. The van der Waals surface area contributed by atoms with Crippen molar-refractivity contribution < 1.29 is 14.3 Å². The third-order valence-corrected chi connectivity index (χ3v) is 3.96. The molecular formula is C16H17NO4.